The molecule has 1 fully saturated rings. The second-order valence-electron chi connectivity index (χ2n) is 6.97. The fourth-order valence-corrected chi connectivity index (χ4v) is 3.88. The van der Waals surface area contributed by atoms with E-state index in [1.165, 1.54) is 11.3 Å². The number of hydrogen-bond donors (Lipinski definition) is 1. The van der Waals surface area contributed by atoms with Gasteiger partial charge in [-0.25, -0.2) is 0 Å². The standard InChI is InChI=1S/C17H29N3OS/c1-4-9-20(16(21)15-6-5-12-22-15)14-7-10-19(11-8-14)13-17(2,3)18/h5-6,12,14H,4,7-11,13,18H2,1-3H3. The minimum absolute atomic E-state index is 0.150. The largest absolute Gasteiger partial charge is 0.335 e. The number of hydrogen-bond acceptors (Lipinski definition) is 4. The predicted molar refractivity (Wildman–Crippen MR) is 93.4 cm³/mol. The average molecular weight is 324 g/mol. The van der Waals surface area contributed by atoms with Gasteiger partial charge in [-0.15, -0.1) is 11.3 Å². The van der Waals surface area contributed by atoms with E-state index in [9.17, 15) is 4.79 Å². The molecular formula is C17H29N3OS. The van der Waals surface area contributed by atoms with Gasteiger partial charge in [0.05, 0.1) is 4.88 Å². The van der Waals surface area contributed by atoms with Crippen molar-refractivity contribution in [3.05, 3.63) is 22.4 Å². The Morgan fingerprint density at radius 2 is 2.14 bits per heavy atom. The molecule has 1 aromatic rings. The van der Waals surface area contributed by atoms with Crippen LogP contribution in [-0.2, 0) is 0 Å². The minimum Gasteiger partial charge on any atom is -0.335 e. The third-order valence-electron chi connectivity index (χ3n) is 4.09. The molecule has 0 radical (unpaired) electrons. The average Bonchev–Trinajstić information content (AvgIpc) is 2.97. The van der Waals surface area contributed by atoms with Crippen molar-refractivity contribution in [1.82, 2.24) is 9.80 Å². The van der Waals surface area contributed by atoms with Gasteiger partial charge in [-0.1, -0.05) is 13.0 Å². The van der Waals surface area contributed by atoms with Gasteiger partial charge >= 0.3 is 0 Å². The molecule has 2 rings (SSSR count). The fourth-order valence-electron chi connectivity index (χ4n) is 3.20. The summed E-state index contributed by atoms with van der Waals surface area (Å²) < 4.78 is 0. The van der Waals surface area contributed by atoms with E-state index in [1.54, 1.807) is 0 Å². The van der Waals surface area contributed by atoms with E-state index in [0.29, 0.717) is 6.04 Å². The van der Waals surface area contributed by atoms with E-state index >= 15 is 0 Å². The Kier molecular flexibility index (Phi) is 6.01. The lowest BCUT2D eigenvalue weighted by atomic mass is 9.99. The van der Waals surface area contributed by atoms with Gasteiger partial charge in [0.1, 0.15) is 0 Å². The Morgan fingerprint density at radius 1 is 1.45 bits per heavy atom. The van der Waals surface area contributed by atoms with Gasteiger partial charge in [-0.05, 0) is 44.6 Å². The Hall–Kier alpha value is -0.910. The van der Waals surface area contributed by atoms with Crippen LogP contribution < -0.4 is 5.73 Å². The molecule has 0 unspecified atom stereocenters. The van der Waals surface area contributed by atoms with Crippen molar-refractivity contribution in [2.24, 2.45) is 5.73 Å². The molecular weight excluding hydrogens is 294 g/mol. The maximum absolute atomic E-state index is 12.7. The zero-order valence-corrected chi connectivity index (χ0v) is 14.9. The molecule has 5 heteroatoms. The van der Waals surface area contributed by atoms with E-state index < -0.39 is 0 Å². The van der Waals surface area contributed by atoms with Gasteiger partial charge in [0, 0.05) is 37.8 Å². The van der Waals surface area contributed by atoms with Crippen LogP contribution in [0.2, 0.25) is 0 Å². The van der Waals surface area contributed by atoms with Crippen molar-refractivity contribution in [3.63, 3.8) is 0 Å². The summed E-state index contributed by atoms with van der Waals surface area (Å²) in [5.74, 6) is 0.203. The van der Waals surface area contributed by atoms with Crippen molar-refractivity contribution in [2.45, 2.75) is 51.6 Å². The Balaban J connectivity index is 1.95. The second kappa shape index (κ2) is 7.57. The number of amides is 1. The van der Waals surface area contributed by atoms with Gasteiger partial charge in [0.25, 0.3) is 5.91 Å². The topological polar surface area (TPSA) is 49.6 Å². The summed E-state index contributed by atoms with van der Waals surface area (Å²) in [7, 11) is 0. The Bertz CT molecular complexity index is 459. The van der Waals surface area contributed by atoms with Crippen LogP contribution in [0.1, 0.15) is 49.7 Å². The molecule has 2 N–H and O–H groups in total. The van der Waals surface area contributed by atoms with Crippen LogP contribution in [0.25, 0.3) is 0 Å². The molecule has 1 saturated heterocycles. The molecule has 1 aromatic heterocycles. The number of likely N-dealkylation sites (tertiary alicyclic amines) is 1. The lowest BCUT2D eigenvalue weighted by molar-refractivity contribution is 0.0560. The second-order valence-corrected chi connectivity index (χ2v) is 7.92. The number of nitrogens with two attached hydrogens (primary N) is 1. The summed E-state index contributed by atoms with van der Waals surface area (Å²) >= 11 is 1.54. The highest BCUT2D eigenvalue weighted by Crippen LogP contribution is 2.22. The first-order valence-electron chi connectivity index (χ1n) is 8.26. The summed E-state index contributed by atoms with van der Waals surface area (Å²) in [5.41, 5.74) is 5.97. The molecule has 124 valence electrons. The van der Waals surface area contributed by atoms with Gasteiger partial charge in [-0.2, -0.15) is 0 Å². The van der Waals surface area contributed by atoms with E-state index in [4.69, 9.17) is 5.73 Å². The van der Waals surface area contributed by atoms with Crippen molar-refractivity contribution in [3.8, 4) is 0 Å². The zero-order valence-electron chi connectivity index (χ0n) is 14.0. The normalized spacial score (nSPS) is 17.6. The SMILES string of the molecule is CCCN(C(=O)c1cccs1)C1CCN(CC(C)(C)N)CC1. The molecule has 0 saturated carbocycles. The van der Waals surface area contributed by atoms with Gasteiger partial charge < -0.3 is 15.5 Å². The number of nitrogens with zero attached hydrogens (tertiary/aromatic N) is 2. The van der Waals surface area contributed by atoms with E-state index in [0.717, 1.165) is 50.3 Å². The quantitative estimate of drug-likeness (QED) is 0.876. The lowest BCUT2D eigenvalue weighted by Crippen LogP contribution is -2.52. The summed E-state index contributed by atoms with van der Waals surface area (Å²) in [4.78, 5) is 18.1. The first kappa shape index (κ1) is 17.4. The van der Waals surface area contributed by atoms with Gasteiger partial charge in [0.2, 0.25) is 0 Å². The van der Waals surface area contributed by atoms with Crippen LogP contribution in [-0.4, -0.2) is 53.5 Å². The van der Waals surface area contributed by atoms with Crippen molar-refractivity contribution >= 4 is 17.2 Å². The van der Waals surface area contributed by atoms with Crippen molar-refractivity contribution in [2.75, 3.05) is 26.2 Å². The third-order valence-corrected chi connectivity index (χ3v) is 4.94. The highest BCUT2D eigenvalue weighted by atomic mass is 32.1. The summed E-state index contributed by atoms with van der Waals surface area (Å²) in [6.45, 7) is 10.1. The molecule has 1 aliphatic heterocycles. The van der Waals surface area contributed by atoms with Crippen LogP contribution in [0.3, 0.4) is 0 Å². The molecule has 0 spiro atoms. The molecule has 0 atom stereocenters. The van der Waals surface area contributed by atoms with E-state index in [1.807, 2.05) is 17.5 Å². The summed E-state index contributed by atoms with van der Waals surface area (Å²) in [6.07, 6.45) is 3.10. The van der Waals surface area contributed by atoms with E-state index in [2.05, 4.69) is 30.6 Å². The summed E-state index contributed by atoms with van der Waals surface area (Å²) in [6, 6.07) is 4.25. The maximum atomic E-state index is 12.7. The Morgan fingerprint density at radius 3 is 2.64 bits per heavy atom. The third kappa shape index (κ3) is 4.80. The number of piperidine rings is 1. The van der Waals surface area contributed by atoms with Gasteiger partial charge in [0.15, 0.2) is 0 Å². The van der Waals surface area contributed by atoms with Crippen LogP contribution in [0, 0.1) is 0 Å². The smallest absolute Gasteiger partial charge is 0.264 e. The van der Waals surface area contributed by atoms with Crippen LogP contribution in [0.5, 0.6) is 0 Å². The molecule has 4 nitrogen and oxygen atoms in total. The van der Waals surface area contributed by atoms with Crippen LogP contribution in [0.4, 0.5) is 0 Å². The van der Waals surface area contributed by atoms with Crippen LogP contribution >= 0.6 is 11.3 Å². The zero-order chi connectivity index (χ0) is 16.2. The first-order chi connectivity index (χ1) is 10.4. The number of thiophene rings is 1. The monoisotopic (exact) mass is 323 g/mol. The minimum atomic E-state index is -0.150. The maximum Gasteiger partial charge on any atom is 0.264 e. The molecule has 1 aliphatic rings. The molecule has 1 amide bonds. The van der Waals surface area contributed by atoms with Gasteiger partial charge in [-0.3, -0.25) is 4.79 Å². The first-order valence-corrected chi connectivity index (χ1v) is 9.14. The fraction of sp³-hybridized carbons (Fsp3) is 0.706. The highest BCUT2D eigenvalue weighted by Gasteiger charge is 2.29. The number of carbonyl (C=O) groups excluding carboxylic acids is 1. The molecule has 0 aromatic carbocycles. The highest BCUT2D eigenvalue weighted by molar-refractivity contribution is 7.12. The lowest BCUT2D eigenvalue weighted by Gasteiger charge is -2.40. The van der Waals surface area contributed by atoms with E-state index in [-0.39, 0.29) is 11.4 Å². The predicted octanol–water partition coefficient (Wildman–Crippen LogP) is 2.80. The Labute approximate surface area is 138 Å². The molecule has 0 bridgehead atoms. The number of carbonyl (C=O) groups is 1. The van der Waals surface area contributed by atoms with Crippen molar-refractivity contribution in [1.29, 1.82) is 0 Å². The molecule has 0 aliphatic carbocycles. The number of rotatable bonds is 6. The molecule has 2 heterocycles. The van der Waals surface area contributed by atoms with Crippen molar-refractivity contribution < 1.29 is 4.79 Å². The van der Waals surface area contributed by atoms with Crippen LogP contribution in [0.15, 0.2) is 17.5 Å². The summed E-state index contributed by atoms with van der Waals surface area (Å²) in [5, 5.41) is 1.98. The molecule has 22 heavy (non-hydrogen) atoms.